The van der Waals surface area contributed by atoms with Crippen LogP contribution >= 0.6 is 0 Å². The molecule has 0 saturated carbocycles. The third kappa shape index (κ3) is 3.24. The molecule has 0 amide bonds. The van der Waals surface area contributed by atoms with Crippen molar-refractivity contribution >= 4 is 16.7 Å². The molecule has 0 fully saturated rings. The predicted molar refractivity (Wildman–Crippen MR) is 80.7 cm³/mol. The van der Waals surface area contributed by atoms with Gasteiger partial charge in [0.15, 0.2) is 0 Å². The van der Waals surface area contributed by atoms with E-state index in [4.69, 9.17) is 10.9 Å². The van der Waals surface area contributed by atoms with Gasteiger partial charge in [-0.25, -0.2) is 0 Å². The maximum absolute atomic E-state index is 8.63. The fourth-order valence-corrected chi connectivity index (χ4v) is 2.22. The van der Waals surface area contributed by atoms with Crippen LogP contribution in [-0.4, -0.2) is 34.0 Å². The third-order valence-electron chi connectivity index (χ3n) is 3.52. The Hall–Kier alpha value is -2.14. The molecular weight excluding hydrogens is 252 g/mol. The third-order valence-corrected chi connectivity index (χ3v) is 3.52. The van der Waals surface area contributed by atoms with Gasteiger partial charge in [0.1, 0.15) is 5.84 Å². The lowest BCUT2D eigenvalue weighted by atomic mass is 10.1. The number of oxime groups is 1. The minimum atomic E-state index is 0.185. The summed E-state index contributed by atoms with van der Waals surface area (Å²) in [6.45, 7) is 2.82. The van der Waals surface area contributed by atoms with Crippen LogP contribution in [0.2, 0.25) is 0 Å². The molecule has 1 atom stereocenters. The van der Waals surface area contributed by atoms with Crippen LogP contribution in [-0.2, 0) is 6.54 Å². The molecule has 1 heterocycles. The molecule has 5 nitrogen and oxygen atoms in total. The lowest BCUT2D eigenvalue weighted by Gasteiger charge is -2.24. The molecule has 1 aromatic heterocycles. The molecule has 0 saturated heterocycles. The molecule has 2 aromatic rings. The molecule has 0 aliphatic rings. The second kappa shape index (κ2) is 6.34. The number of fused-ring (bicyclic) bond motifs is 1. The van der Waals surface area contributed by atoms with Crippen LogP contribution in [0.3, 0.4) is 0 Å². The highest BCUT2D eigenvalue weighted by atomic mass is 16.4. The van der Waals surface area contributed by atoms with E-state index in [2.05, 4.69) is 40.2 Å². The molecule has 3 N–H and O–H groups in total. The summed E-state index contributed by atoms with van der Waals surface area (Å²) in [5.74, 6) is 0.250. The maximum Gasteiger partial charge on any atom is 0.140 e. The molecule has 0 aliphatic heterocycles. The normalized spacial score (nSPS) is 13.8. The maximum atomic E-state index is 8.63. The Morgan fingerprint density at radius 2 is 2.15 bits per heavy atom. The number of nitrogens with zero attached hydrogens (tertiary/aromatic N) is 3. The molecule has 2 rings (SSSR count). The van der Waals surface area contributed by atoms with Crippen LogP contribution in [0.15, 0.2) is 41.7 Å². The first kappa shape index (κ1) is 14.3. The van der Waals surface area contributed by atoms with Gasteiger partial charge in [-0.15, -0.1) is 0 Å². The van der Waals surface area contributed by atoms with Crippen LogP contribution < -0.4 is 5.73 Å². The van der Waals surface area contributed by atoms with E-state index >= 15 is 0 Å². The minimum absolute atomic E-state index is 0.185. The zero-order valence-electron chi connectivity index (χ0n) is 11.8. The molecule has 1 unspecified atom stereocenters. The largest absolute Gasteiger partial charge is 0.409 e. The van der Waals surface area contributed by atoms with Crippen LogP contribution in [0.5, 0.6) is 0 Å². The Morgan fingerprint density at radius 3 is 2.90 bits per heavy atom. The Morgan fingerprint density at radius 1 is 1.40 bits per heavy atom. The molecule has 1 aromatic carbocycles. The number of rotatable bonds is 5. The molecule has 0 bridgehead atoms. The van der Waals surface area contributed by atoms with Gasteiger partial charge in [-0.3, -0.25) is 9.88 Å². The number of hydrogen-bond acceptors (Lipinski definition) is 4. The Kier molecular flexibility index (Phi) is 4.53. The summed E-state index contributed by atoms with van der Waals surface area (Å²) in [6, 6.07) is 10.4. The first-order valence-corrected chi connectivity index (χ1v) is 6.61. The molecule has 106 valence electrons. The SMILES string of the molecule is CC(CC(N)=NO)N(C)Cc1cccc2cccnc12. The monoisotopic (exact) mass is 272 g/mol. The highest BCUT2D eigenvalue weighted by molar-refractivity contribution is 5.81. The van der Waals surface area contributed by atoms with Crippen molar-refractivity contribution in [3.8, 4) is 0 Å². The van der Waals surface area contributed by atoms with Gasteiger partial charge >= 0.3 is 0 Å². The Bertz CT molecular complexity index is 606. The highest BCUT2D eigenvalue weighted by Crippen LogP contribution is 2.18. The number of hydrogen-bond donors (Lipinski definition) is 2. The zero-order valence-corrected chi connectivity index (χ0v) is 11.8. The second-order valence-electron chi connectivity index (χ2n) is 5.05. The molecule has 20 heavy (non-hydrogen) atoms. The summed E-state index contributed by atoms with van der Waals surface area (Å²) >= 11 is 0. The Labute approximate surface area is 118 Å². The van der Waals surface area contributed by atoms with Crippen molar-refractivity contribution in [2.24, 2.45) is 10.9 Å². The van der Waals surface area contributed by atoms with Gasteiger partial charge in [0, 0.05) is 30.6 Å². The minimum Gasteiger partial charge on any atom is -0.409 e. The van der Waals surface area contributed by atoms with E-state index in [1.54, 1.807) is 0 Å². The van der Waals surface area contributed by atoms with E-state index < -0.39 is 0 Å². The molecular formula is C15H20N4O. The van der Waals surface area contributed by atoms with Crippen molar-refractivity contribution < 1.29 is 5.21 Å². The fraction of sp³-hybridized carbons (Fsp3) is 0.333. The first-order chi connectivity index (χ1) is 9.61. The van der Waals surface area contributed by atoms with Crippen LogP contribution in [0.4, 0.5) is 0 Å². The predicted octanol–water partition coefficient (Wildman–Crippen LogP) is 2.19. The van der Waals surface area contributed by atoms with E-state index in [1.165, 1.54) is 5.56 Å². The molecule has 0 spiro atoms. The number of pyridine rings is 1. The van der Waals surface area contributed by atoms with Gasteiger partial charge in [-0.2, -0.15) is 0 Å². The van der Waals surface area contributed by atoms with Gasteiger partial charge in [0.05, 0.1) is 5.52 Å². The van der Waals surface area contributed by atoms with E-state index in [-0.39, 0.29) is 11.9 Å². The number of para-hydroxylation sites is 1. The smallest absolute Gasteiger partial charge is 0.140 e. The standard InChI is InChI=1S/C15H20N4O/c1-11(9-14(16)18-20)19(2)10-13-6-3-5-12-7-4-8-17-15(12)13/h3-8,11,20H,9-10H2,1-2H3,(H2,16,18). The van der Waals surface area contributed by atoms with Gasteiger partial charge in [-0.05, 0) is 25.6 Å². The zero-order chi connectivity index (χ0) is 14.5. The summed E-state index contributed by atoms with van der Waals surface area (Å²) in [5, 5.41) is 12.8. The van der Waals surface area contributed by atoms with E-state index in [1.807, 2.05) is 25.4 Å². The summed E-state index contributed by atoms with van der Waals surface area (Å²) < 4.78 is 0. The summed E-state index contributed by atoms with van der Waals surface area (Å²) in [4.78, 5) is 6.62. The van der Waals surface area contributed by atoms with E-state index in [0.29, 0.717) is 6.42 Å². The second-order valence-corrected chi connectivity index (χ2v) is 5.05. The lowest BCUT2D eigenvalue weighted by Crippen LogP contribution is -2.32. The van der Waals surface area contributed by atoms with Crippen molar-refractivity contribution in [2.45, 2.75) is 25.9 Å². The average molecular weight is 272 g/mol. The van der Waals surface area contributed by atoms with Crippen molar-refractivity contribution in [3.63, 3.8) is 0 Å². The van der Waals surface area contributed by atoms with Gasteiger partial charge in [0.2, 0.25) is 0 Å². The highest BCUT2D eigenvalue weighted by Gasteiger charge is 2.13. The van der Waals surface area contributed by atoms with Crippen molar-refractivity contribution in [1.29, 1.82) is 0 Å². The number of aromatic nitrogens is 1. The van der Waals surface area contributed by atoms with Crippen LogP contribution in [0.25, 0.3) is 10.9 Å². The van der Waals surface area contributed by atoms with Gasteiger partial charge < -0.3 is 10.9 Å². The molecule has 0 aliphatic carbocycles. The first-order valence-electron chi connectivity index (χ1n) is 6.61. The number of nitrogens with two attached hydrogens (primary N) is 1. The summed E-state index contributed by atoms with van der Waals surface area (Å²) in [5.41, 5.74) is 7.76. The van der Waals surface area contributed by atoms with Crippen molar-refractivity contribution in [3.05, 3.63) is 42.1 Å². The van der Waals surface area contributed by atoms with Gasteiger partial charge in [-0.1, -0.05) is 29.4 Å². The van der Waals surface area contributed by atoms with Crippen molar-refractivity contribution in [2.75, 3.05) is 7.05 Å². The topological polar surface area (TPSA) is 74.7 Å². The molecule has 5 heteroatoms. The molecule has 0 radical (unpaired) electrons. The fourth-order valence-electron chi connectivity index (χ4n) is 2.22. The van der Waals surface area contributed by atoms with E-state index in [0.717, 1.165) is 17.4 Å². The van der Waals surface area contributed by atoms with Crippen molar-refractivity contribution in [1.82, 2.24) is 9.88 Å². The number of amidine groups is 1. The van der Waals surface area contributed by atoms with E-state index in [9.17, 15) is 0 Å². The van der Waals surface area contributed by atoms with Gasteiger partial charge in [0.25, 0.3) is 0 Å². The lowest BCUT2D eigenvalue weighted by molar-refractivity contribution is 0.251. The summed E-state index contributed by atoms with van der Waals surface area (Å²) in [6.07, 6.45) is 2.34. The van der Waals surface area contributed by atoms with Crippen LogP contribution in [0, 0.1) is 0 Å². The quantitative estimate of drug-likeness (QED) is 0.379. The average Bonchev–Trinajstić information content (AvgIpc) is 2.47. The van der Waals surface area contributed by atoms with Crippen LogP contribution in [0.1, 0.15) is 18.9 Å². The number of benzene rings is 1. The Balaban J connectivity index is 2.15. The summed E-state index contributed by atoms with van der Waals surface area (Å²) in [7, 11) is 2.02.